The molecule has 1 atom stereocenters. The lowest BCUT2D eigenvalue weighted by atomic mass is 9.90. The maximum Gasteiger partial charge on any atom is 0.127 e. The molecule has 1 aromatic carbocycles. The Bertz CT molecular complexity index is 398. The van der Waals surface area contributed by atoms with Crippen molar-refractivity contribution in [3.63, 3.8) is 0 Å². The molecule has 3 N–H and O–H groups in total. The Morgan fingerprint density at radius 1 is 1.56 bits per heavy atom. The van der Waals surface area contributed by atoms with E-state index in [1.807, 2.05) is 13.8 Å². The van der Waals surface area contributed by atoms with Crippen LogP contribution in [0.2, 0.25) is 0 Å². The van der Waals surface area contributed by atoms with Crippen molar-refractivity contribution in [3.05, 3.63) is 29.6 Å². The van der Waals surface area contributed by atoms with Crippen LogP contribution in [0.5, 0.6) is 5.75 Å². The van der Waals surface area contributed by atoms with Crippen LogP contribution in [0.1, 0.15) is 31.9 Å². The zero-order valence-electron chi connectivity index (χ0n) is 9.29. The lowest BCUT2D eigenvalue weighted by molar-refractivity contribution is 0.0702. The van der Waals surface area contributed by atoms with Crippen molar-refractivity contribution in [2.75, 3.05) is 0 Å². The predicted molar refractivity (Wildman–Crippen MR) is 63.4 cm³/mol. The summed E-state index contributed by atoms with van der Waals surface area (Å²) in [7, 11) is 0. The molecule has 1 unspecified atom stereocenters. The van der Waals surface area contributed by atoms with Crippen molar-refractivity contribution in [2.45, 2.75) is 31.9 Å². The minimum Gasteiger partial charge on any atom is -0.487 e. The number of nitrogens with one attached hydrogen (secondary N) is 1. The van der Waals surface area contributed by atoms with Gasteiger partial charge in [-0.05, 0) is 19.9 Å². The smallest absolute Gasteiger partial charge is 0.127 e. The summed E-state index contributed by atoms with van der Waals surface area (Å²) in [4.78, 5) is 0. The summed E-state index contributed by atoms with van der Waals surface area (Å²) in [5.41, 5.74) is 0.646. The molecule has 0 saturated heterocycles. The molecule has 16 heavy (non-hydrogen) atoms. The molecule has 0 fully saturated rings. The van der Waals surface area contributed by atoms with Gasteiger partial charge in [0.15, 0.2) is 0 Å². The van der Waals surface area contributed by atoms with E-state index in [0.717, 1.165) is 24.1 Å². The number of fused-ring (bicyclic) bond motifs is 1. The number of hydrogen-bond acceptors (Lipinski definition) is 4. The molecule has 2 rings (SSSR count). The summed E-state index contributed by atoms with van der Waals surface area (Å²) < 4.78 is 22.0. The summed E-state index contributed by atoms with van der Waals surface area (Å²) >= 11 is 1.08. The van der Waals surface area contributed by atoms with Crippen LogP contribution in [0.15, 0.2) is 18.2 Å². The average molecular weight is 242 g/mol. The van der Waals surface area contributed by atoms with Gasteiger partial charge in [0.05, 0.1) is 6.04 Å². The molecule has 0 saturated carbocycles. The van der Waals surface area contributed by atoms with Crippen molar-refractivity contribution >= 4 is 12.1 Å². The summed E-state index contributed by atoms with van der Waals surface area (Å²) in [5, 5.41) is 5.43. The highest BCUT2D eigenvalue weighted by atomic mass is 32.2. The van der Waals surface area contributed by atoms with Gasteiger partial charge in [-0.2, -0.15) is 0 Å². The van der Waals surface area contributed by atoms with Gasteiger partial charge in [-0.1, -0.05) is 6.07 Å². The Kier molecular flexibility index (Phi) is 3.10. The molecular weight excluding hydrogens is 227 g/mol. The summed E-state index contributed by atoms with van der Waals surface area (Å²) in [5.74, 6) is 0.318. The van der Waals surface area contributed by atoms with Gasteiger partial charge in [0, 0.05) is 30.2 Å². The Labute approximate surface area is 98.8 Å². The van der Waals surface area contributed by atoms with Gasteiger partial charge in [0.2, 0.25) is 0 Å². The predicted octanol–water partition coefficient (Wildman–Crippen LogP) is 2.54. The lowest BCUT2D eigenvalue weighted by Gasteiger charge is -2.37. The molecule has 88 valence electrons. The van der Waals surface area contributed by atoms with Crippen LogP contribution in [-0.2, 0) is 0 Å². The van der Waals surface area contributed by atoms with Crippen LogP contribution in [-0.4, -0.2) is 5.60 Å². The fraction of sp³-hybridized carbons (Fsp3) is 0.455. The van der Waals surface area contributed by atoms with Gasteiger partial charge in [-0.25, -0.2) is 9.11 Å². The molecule has 1 heterocycles. The lowest BCUT2D eigenvalue weighted by Crippen LogP contribution is -2.38. The molecule has 0 spiro atoms. The summed E-state index contributed by atoms with van der Waals surface area (Å²) in [6.07, 6.45) is 0.801. The molecule has 0 radical (unpaired) electrons. The van der Waals surface area contributed by atoms with Crippen molar-refractivity contribution in [1.82, 2.24) is 4.72 Å². The summed E-state index contributed by atoms with van der Waals surface area (Å²) in [6.45, 7) is 3.97. The first-order valence-electron chi connectivity index (χ1n) is 5.11. The highest BCUT2D eigenvalue weighted by molar-refractivity contribution is 7.95. The Hall–Kier alpha value is -0.780. The Balaban J connectivity index is 2.38. The van der Waals surface area contributed by atoms with Gasteiger partial charge < -0.3 is 4.74 Å². The molecular formula is C11H15FN2OS. The van der Waals surface area contributed by atoms with E-state index in [0.29, 0.717) is 5.75 Å². The maximum absolute atomic E-state index is 13.1. The third-order valence-electron chi connectivity index (χ3n) is 2.64. The minimum absolute atomic E-state index is 0.0920. The molecule has 0 bridgehead atoms. The third-order valence-corrected chi connectivity index (χ3v) is 3.06. The SMILES string of the molecule is CC1(C)CC(NSN)c2ccc(F)cc2O1. The molecule has 1 aliphatic heterocycles. The first-order chi connectivity index (χ1) is 7.52. The van der Waals surface area contributed by atoms with Gasteiger partial charge >= 0.3 is 0 Å². The van der Waals surface area contributed by atoms with Crippen molar-refractivity contribution in [1.29, 1.82) is 0 Å². The number of hydrogen-bond donors (Lipinski definition) is 2. The molecule has 0 aromatic heterocycles. The fourth-order valence-corrected chi connectivity index (χ4v) is 2.39. The molecule has 1 aromatic rings. The van der Waals surface area contributed by atoms with E-state index in [2.05, 4.69) is 4.72 Å². The monoisotopic (exact) mass is 242 g/mol. The van der Waals surface area contributed by atoms with Crippen molar-refractivity contribution in [2.24, 2.45) is 5.14 Å². The average Bonchev–Trinajstić information content (AvgIpc) is 2.15. The zero-order valence-corrected chi connectivity index (χ0v) is 10.1. The standard InChI is InChI=1S/C11H15FN2OS/c1-11(2)6-9(14-16-13)8-4-3-7(12)5-10(8)15-11/h3-5,9,14H,6,13H2,1-2H3. The largest absolute Gasteiger partial charge is 0.487 e. The first kappa shape index (κ1) is 11.7. The van der Waals surface area contributed by atoms with E-state index in [1.165, 1.54) is 12.1 Å². The van der Waals surface area contributed by atoms with Crippen LogP contribution in [0, 0.1) is 5.82 Å². The van der Waals surface area contributed by atoms with E-state index in [-0.39, 0.29) is 17.5 Å². The highest BCUT2D eigenvalue weighted by Crippen LogP contribution is 2.40. The van der Waals surface area contributed by atoms with E-state index < -0.39 is 0 Å². The van der Waals surface area contributed by atoms with Gasteiger partial charge in [-0.3, -0.25) is 5.14 Å². The highest BCUT2D eigenvalue weighted by Gasteiger charge is 2.33. The minimum atomic E-state index is -0.311. The van der Waals surface area contributed by atoms with Crippen molar-refractivity contribution < 1.29 is 9.13 Å². The Morgan fingerprint density at radius 2 is 2.31 bits per heavy atom. The zero-order chi connectivity index (χ0) is 11.8. The third kappa shape index (κ3) is 2.31. The van der Waals surface area contributed by atoms with Gasteiger partial charge in [-0.15, -0.1) is 0 Å². The second-order valence-electron chi connectivity index (χ2n) is 4.54. The van der Waals surface area contributed by atoms with Crippen LogP contribution in [0.3, 0.4) is 0 Å². The fourth-order valence-electron chi connectivity index (χ4n) is 2.01. The first-order valence-corrected chi connectivity index (χ1v) is 5.99. The van der Waals surface area contributed by atoms with E-state index in [4.69, 9.17) is 9.88 Å². The number of ether oxygens (including phenoxy) is 1. The summed E-state index contributed by atoms with van der Waals surface area (Å²) in [6, 6.07) is 4.70. The van der Waals surface area contributed by atoms with E-state index in [1.54, 1.807) is 6.07 Å². The second kappa shape index (κ2) is 4.24. The molecule has 3 nitrogen and oxygen atoms in total. The number of rotatable bonds is 2. The number of nitrogens with two attached hydrogens (primary N) is 1. The van der Waals surface area contributed by atoms with Crippen molar-refractivity contribution in [3.8, 4) is 5.75 Å². The molecule has 5 heteroatoms. The molecule has 0 amide bonds. The normalized spacial score (nSPS) is 22.4. The van der Waals surface area contributed by atoms with Crippen LogP contribution in [0.4, 0.5) is 4.39 Å². The Morgan fingerprint density at radius 3 is 3.00 bits per heavy atom. The molecule has 0 aliphatic carbocycles. The topological polar surface area (TPSA) is 47.3 Å². The van der Waals surface area contributed by atoms with Crippen LogP contribution in [0.25, 0.3) is 0 Å². The maximum atomic E-state index is 13.1. The van der Waals surface area contributed by atoms with Crippen LogP contribution >= 0.6 is 12.1 Å². The van der Waals surface area contributed by atoms with Crippen LogP contribution < -0.4 is 14.6 Å². The molecule has 1 aliphatic rings. The number of benzene rings is 1. The van der Waals surface area contributed by atoms with E-state index in [9.17, 15) is 4.39 Å². The second-order valence-corrected chi connectivity index (χ2v) is 5.01. The quantitative estimate of drug-likeness (QED) is 0.782. The number of halogens is 1. The van der Waals surface area contributed by atoms with E-state index >= 15 is 0 Å². The van der Waals surface area contributed by atoms with Gasteiger partial charge in [0.1, 0.15) is 17.2 Å². The van der Waals surface area contributed by atoms with Gasteiger partial charge in [0.25, 0.3) is 0 Å².